The van der Waals surface area contributed by atoms with E-state index >= 15 is 0 Å². The number of pyridine rings is 1. The van der Waals surface area contributed by atoms with E-state index in [9.17, 15) is 5.11 Å². The van der Waals surface area contributed by atoms with Crippen molar-refractivity contribution in [2.45, 2.75) is 18.9 Å². The molecular weight excluding hydrogens is 304 g/mol. The number of nitrogens with two attached hydrogens (primary N) is 1. The zero-order chi connectivity index (χ0) is 13.8. The monoisotopic (exact) mass is 320 g/mol. The first-order valence-electron chi connectivity index (χ1n) is 6.18. The number of halogens is 1. The Kier molecular flexibility index (Phi) is 4.69. The van der Waals surface area contributed by atoms with Gasteiger partial charge in [-0.1, -0.05) is 34.1 Å². The van der Waals surface area contributed by atoms with Crippen molar-refractivity contribution in [3.63, 3.8) is 0 Å². The van der Waals surface area contributed by atoms with Crippen LogP contribution in [0.4, 0.5) is 0 Å². The molecule has 0 bridgehead atoms. The zero-order valence-electron chi connectivity index (χ0n) is 10.8. The molecule has 100 valence electrons. The van der Waals surface area contributed by atoms with Gasteiger partial charge < -0.3 is 10.8 Å². The maximum Gasteiger partial charge on any atom is 0.0886 e. The normalized spacial score (nSPS) is 14.1. The van der Waals surface area contributed by atoms with Gasteiger partial charge >= 0.3 is 0 Å². The van der Waals surface area contributed by atoms with Crippen LogP contribution in [0.25, 0.3) is 0 Å². The molecule has 0 amide bonds. The SMILES string of the molecule is Cc1ccc(C(O)C(CN)c2ccccn2)cc1Br. The second-order valence-corrected chi connectivity index (χ2v) is 5.40. The molecule has 0 aliphatic heterocycles. The average Bonchev–Trinajstić information content (AvgIpc) is 2.44. The largest absolute Gasteiger partial charge is 0.388 e. The number of aliphatic hydroxyl groups is 1. The Labute approximate surface area is 121 Å². The van der Waals surface area contributed by atoms with E-state index in [1.807, 2.05) is 43.3 Å². The van der Waals surface area contributed by atoms with E-state index in [0.29, 0.717) is 6.54 Å². The highest BCUT2D eigenvalue weighted by atomic mass is 79.9. The average molecular weight is 321 g/mol. The molecule has 2 unspecified atom stereocenters. The fourth-order valence-electron chi connectivity index (χ4n) is 2.03. The van der Waals surface area contributed by atoms with Gasteiger partial charge in [0.25, 0.3) is 0 Å². The van der Waals surface area contributed by atoms with Crippen molar-refractivity contribution < 1.29 is 5.11 Å². The molecule has 0 saturated carbocycles. The van der Waals surface area contributed by atoms with Crippen molar-refractivity contribution >= 4 is 15.9 Å². The van der Waals surface area contributed by atoms with E-state index in [2.05, 4.69) is 20.9 Å². The first-order chi connectivity index (χ1) is 9.13. The molecule has 0 aliphatic rings. The molecule has 2 rings (SSSR count). The van der Waals surface area contributed by atoms with Gasteiger partial charge in [-0.05, 0) is 36.2 Å². The number of aromatic nitrogens is 1. The molecule has 3 N–H and O–H groups in total. The molecule has 0 fully saturated rings. The Hall–Kier alpha value is -1.23. The fraction of sp³-hybridized carbons (Fsp3) is 0.267. The van der Waals surface area contributed by atoms with E-state index in [-0.39, 0.29) is 5.92 Å². The van der Waals surface area contributed by atoms with Crippen molar-refractivity contribution in [2.24, 2.45) is 5.73 Å². The number of hydrogen-bond donors (Lipinski definition) is 2. The van der Waals surface area contributed by atoms with Crippen LogP contribution in [0.2, 0.25) is 0 Å². The lowest BCUT2D eigenvalue weighted by Crippen LogP contribution is -2.21. The molecule has 1 aromatic heterocycles. The zero-order valence-corrected chi connectivity index (χ0v) is 12.3. The molecule has 19 heavy (non-hydrogen) atoms. The lowest BCUT2D eigenvalue weighted by atomic mass is 9.92. The highest BCUT2D eigenvalue weighted by Gasteiger charge is 2.22. The number of rotatable bonds is 4. The first-order valence-corrected chi connectivity index (χ1v) is 6.98. The van der Waals surface area contributed by atoms with Crippen LogP contribution in [0.15, 0.2) is 47.1 Å². The Morgan fingerprint density at radius 1 is 1.32 bits per heavy atom. The van der Waals surface area contributed by atoms with Crippen LogP contribution in [0.5, 0.6) is 0 Å². The smallest absolute Gasteiger partial charge is 0.0886 e. The third-order valence-electron chi connectivity index (χ3n) is 3.24. The maximum absolute atomic E-state index is 10.5. The molecule has 1 heterocycles. The molecule has 2 aromatic rings. The van der Waals surface area contributed by atoms with Crippen LogP contribution in [-0.4, -0.2) is 16.6 Å². The van der Waals surface area contributed by atoms with E-state index < -0.39 is 6.10 Å². The van der Waals surface area contributed by atoms with Crippen LogP contribution in [-0.2, 0) is 0 Å². The second-order valence-electron chi connectivity index (χ2n) is 4.55. The number of nitrogens with zero attached hydrogens (tertiary/aromatic N) is 1. The second kappa shape index (κ2) is 6.28. The van der Waals surface area contributed by atoms with Crippen LogP contribution in [0, 0.1) is 6.92 Å². The van der Waals surface area contributed by atoms with Crippen LogP contribution in [0.1, 0.15) is 28.8 Å². The van der Waals surface area contributed by atoms with Gasteiger partial charge in [0.05, 0.1) is 6.10 Å². The summed E-state index contributed by atoms with van der Waals surface area (Å²) in [5, 5.41) is 10.5. The van der Waals surface area contributed by atoms with Gasteiger partial charge in [0, 0.05) is 28.8 Å². The van der Waals surface area contributed by atoms with Crippen molar-refractivity contribution in [1.29, 1.82) is 0 Å². The molecule has 2 atom stereocenters. The molecule has 0 aliphatic carbocycles. The number of hydrogen-bond acceptors (Lipinski definition) is 3. The van der Waals surface area contributed by atoms with Crippen molar-refractivity contribution in [2.75, 3.05) is 6.54 Å². The van der Waals surface area contributed by atoms with E-state index in [0.717, 1.165) is 21.3 Å². The molecule has 4 heteroatoms. The lowest BCUT2D eigenvalue weighted by molar-refractivity contribution is 0.145. The lowest BCUT2D eigenvalue weighted by Gasteiger charge is -2.21. The van der Waals surface area contributed by atoms with E-state index in [4.69, 9.17) is 5.73 Å². The predicted molar refractivity (Wildman–Crippen MR) is 79.9 cm³/mol. The molecule has 3 nitrogen and oxygen atoms in total. The van der Waals surface area contributed by atoms with Crippen LogP contribution in [0.3, 0.4) is 0 Å². The summed E-state index contributed by atoms with van der Waals surface area (Å²) >= 11 is 3.48. The highest BCUT2D eigenvalue weighted by molar-refractivity contribution is 9.10. The number of benzene rings is 1. The summed E-state index contributed by atoms with van der Waals surface area (Å²) in [6.07, 6.45) is 1.06. The van der Waals surface area contributed by atoms with Gasteiger partial charge in [-0.3, -0.25) is 4.98 Å². The summed E-state index contributed by atoms with van der Waals surface area (Å²) in [5.41, 5.74) is 8.60. The van der Waals surface area contributed by atoms with Gasteiger partial charge in [0.15, 0.2) is 0 Å². The molecule has 1 aromatic carbocycles. The number of aliphatic hydroxyl groups excluding tert-OH is 1. The first kappa shape index (κ1) is 14.2. The van der Waals surface area contributed by atoms with Crippen molar-refractivity contribution in [1.82, 2.24) is 4.98 Å². The van der Waals surface area contributed by atoms with Crippen LogP contribution < -0.4 is 5.73 Å². The minimum atomic E-state index is -0.656. The molecule has 0 radical (unpaired) electrons. The Bertz CT molecular complexity index is 545. The Balaban J connectivity index is 2.30. The predicted octanol–water partition coefficient (Wildman–Crippen LogP) is 2.93. The topological polar surface area (TPSA) is 59.1 Å². The fourth-order valence-corrected chi connectivity index (χ4v) is 2.43. The standard InChI is InChI=1S/C15H17BrN2O/c1-10-5-6-11(8-13(10)16)15(19)12(9-17)14-4-2-3-7-18-14/h2-8,12,15,19H,9,17H2,1H3. The Morgan fingerprint density at radius 3 is 2.68 bits per heavy atom. The number of aryl methyl sites for hydroxylation is 1. The summed E-state index contributed by atoms with van der Waals surface area (Å²) in [7, 11) is 0. The van der Waals surface area contributed by atoms with Gasteiger partial charge in [-0.15, -0.1) is 0 Å². The van der Waals surface area contributed by atoms with E-state index in [1.54, 1.807) is 6.20 Å². The molecule has 0 saturated heterocycles. The molecule has 0 spiro atoms. The van der Waals surface area contributed by atoms with Gasteiger partial charge in [0.1, 0.15) is 0 Å². The summed E-state index contributed by atoms with van der Waals surface area (Å²) in [5.74, 6) is -0.198. The third kappa shape index (κ3) is 3.21. The quantitative estimate of drug-likeness (QED) is 0.910. The van der Waals surface area contributed by atoms with Crippen LogP contribution >= 0.6 is 15.9 Å². The highest BCUT2D eigenvalue weighted by Crippen LogP contribution is 2.31. The van der Waals surface area contributed by atoms with Crippen molar-refractivity contribution in [3.8, 4) is 0 Å². The van der Waals surface area contributed by atoms with Crippen molar-refractivity contribution in [3.05, 3.63) is 63.9 Å². The van der Waals surface area contributed by atoms with Gasteiger partial charge in [-0.25, -0.2) is 0 Å². The third-order valence-corrected chi connectivity index (χ3v) is 4.09. The van der Waals surface area contributed by atoms with Gasteiger partial charge in [-0.2, -0.15) is 0 Å². The summed E-state index contributed by atoms with van der Waals surface area (Å²) in [6, 6.07) is 11.5. The van der Waals surface area contributed by atoms with E-state index in [1.165, 1.54) is 0 Å². The molecular formula is C15H17BrN2O. The summed E-state index contributed by atoms with van der Waals surface area (Å²) in [6.45, 7) is 2.36. The minimum Gasteiger partial charge on any atom is -0.388 e. The summed E-state index contributed by atoms with van der Waals surface area (Å²) in [4.78, 5) is 4.28. The maximum atomic E-state index is 10.5. The summed E-state index contributed by atoms with van der Waals surface area (Å²) < 4.78 is 0.987. The Morgan fingerprint density at radius 2 is 2.11 bits per heavy atom. The van der Waals surface area contributed by atoms with Gasteiger partial charge in [0.2, 0.25) is 0 Å². The minimum absolute atomic E-state index is 0.198.